The van der Waals surface area contributed by atoms with Crippen LogP contribution in [0.3, 0.4) is 0 Å². The van der Waals surface area contributed by atoms with Crippen molar-refractivity contribution in [2.45, 2.75) is 13.5 Å². The molecule has 0 saturated heterocycles. The number of furan rings is 1. The summed E-state index contributed by atoms with van der Waals surface area (Å²) in [4.78, 5) is 10.9. The van der Waals surface area contributed by atoms with Crippen molar-refractivity contribution in [3.05, 3.63) is 50.8 Å². The second kappa shape index (κ2) is 5.67. The third-order valence-corrected chi connectivity index (χ3v) is 4.00. The molecule has 4 nitrogen and oxygen atoms in total. The highest BCUT2D eigenvalue weighted by Gasteiger charge is 2.13. The molecule has 19 heavy (non-hydrogen) atoms. The topological polar surface area (TPSA) is 62.5 Å². The van der Waals surface area contributed by atoms with Gasteiger partial charge in [-0.1, -0.05) is 17.7 Å². The highest BCUT2D eigenvalue weighted by atomic mass is 79.9. The van der Waals surface area contributed by atoms with Gasteiger partial charge < -0.3 is 14.8 Å². The molecule has 1 heterocycles. The molecule has 2 N–H and O–H groups in total. The number of nitrogens with one attached hydrogen (secondary N) is 1. The largest absolute Gasteiger partial charge is 0.478 e. The summed E-state index contributed by atoms with van der Waals surface area (Å²) in [6.45, 7) is 2.01. The Labute approximate surface area is 123 Å². The zero-order valence-corrected chi connectivity index (χ0v) is 12.4. The number of halogens is 2. The average molecular weight is 345 g/mol. The van der Waals surface area contributed by atoms with E-state index >= 15 is 0 Å². The van der Waals surface area contributed by atoms with Crippen LogP contribution in [0.25, 0.3) is 0 Å². The van der Waals surface area contributed by atoms with Crippen LogP contribution in [0.15, 0.2) is 33.2 Å². The molecule has 0 amide bonds. The Morgan fingerprint density at radius 2 is 2.26 bits per heavy atom. The van der Waals surface area contributed by atoms with Crippen LogP contribution >= 0.6 is 27.5 Å². The van der Waals surface area contributed by atoms with Crippen molar-refractivity contribution in [3.8, 4) is 0 Å². The minimum Gasteiger partial charge on any atom is -0.478 e. The Balaban J connectivity index is 2.13. The molecule has 0 bridgehead atoms. The molecule has 1 aromatic heterocycles. The van der Waals surface area contributed by atoms with Gasteiger partial charge in [-0.3, -0.25) is 0 Å². The summed E-state index contributed by atoms with van der Waals surface area (Å²) in [6.07, 6.45) is 0. The van der Waals surface area contributed by atoms with Gasteiger partial charge in [0.25, 0.3) is 0 Å². The first-order valence-electron chi connectivity index (χ1n) is 5.49. The van der Waals surface area contributed by atoms with E-state index in [1.165, 1.54) is 6.07 Å². The summed E-state index contributed by atoms with van der Waals surface area (Å²) in [6, 6.07) is 6.98. The number of carboxylic acids is 1. The van der Waals surface area contributed by atoms with E-state index in [4.69, 9.17) is 21.1 Å². The normalized spacial score (nSPS) is 10.5. The highest BCUT2D eigenvalue weighted by molar-refractivity contribution is 9.10. The van der Waals surface area contributed by atoms with Crippen molar-refractivity contribution < 1.29 is 14.3 Å². The molecular formula is C13H11BrClNO3. The van der Waals surface area contributed by atoms with Gasteiger partial charge in [-0.15, -0.1) is 0 Å². The summed E-state index contributed by atoms with van der Waals surface area (Å²) >= 11 is 9.36. The van der Waals surface area contributed by atoms with E-state index in [9.17, 15) is 4.79 Å². The lowest BCUT2D eigenvalue weighted by Gasteiger charge is -2.07. The molecule has 2 rings (SSSR count). The molecule has 1 aromatic carbocycles. The molecule has 0 aliphatic rings. The van der Waals surface area contributed by atoms with Gasteiger partial charge in [0.15, 0.2) is 0 Å². The predicted octanol–water partition coefficient (Wildman–Crippen LogP) is 4.31. The SMILES string of the molecule is Cc1oc(CNc2cccc(Cl)c2Br)cc1C(=O)O. The maximum absolute atomic E-state index is 10.9. The Morgan fingerprint density at radius 3 is 2.89 bits per heavy atom. The van der Waals surface area contributed by atoms with Gasteiger partial charge >= 0.3 is 5.97 Å². The Morgan fingerprint density at radius 1 is 1.53 bits per heavy atom. The monoisotopic (exact) mass is 343 g/mol. The first-order chi connectivity index (χ1) is 8.99. The van der Waals surface area contributed by atoms with Crippen LogP contribution in [0.4, 0.5) is 5.69 Å². The van der Waals surface area contributed by atoms with Crippen LogP contribution in [-0.4, -0.2) is 11.1 Å². The molecule has 100 valence electrons. The number of hydrogen-bond acceptors (Lipinski definition) is 3. The van der Waals surface area contributed by atoms with Crippen molar-refractivity contribution in [2.24, 2.45) is 0 Å². The predicted molar refractivity (Wildman–Crippen MR) is 76.9 cm³/mol. The number of rotatable bonds is 4. The molecule has 0 saturated carbocycles. The third-order valence-electron chi connectivity index (χ3n) is 2.60. The number of carboxylic acid groups (broad SMARTS) is 1. The number of hydrogen-bond donors (Lipinski definition) is 2. The molecule has 0 unspecified atom stereocenters. The van der Waals surface area contributed by atoms with Gasteiger partial charge in [0.2, 0.25) is 0 Å². The minimum absolute atomic E-state index is 0.182. The molecule has 2 aromatic rings. The zero-order valence-electron chi connectivity index (χ0n) is 10.0. The van der Waals surface area contributed by atoms with Crippen molar-refractivity contribution in [1.82, 2.24) is 0 Å². The number of benzene rings is 1. The molecule has 0 aliphatic heterocycles. The van der Waals surface area contributed by atoms with E-state index in [-0.39, 0.29) is 5.56 Å². The van der Waals surface area contributed by atoms with Gasteiger partial charge in [0.1, 0.15) is 17.1 Å². The maximum atomic E-state index is 10.9. The van der Waals surface area contributed by atoms with Crippen LogP contribution in [0.5, 0.6) is 0 Å². The van der Waals surface area contributed by atoms with E-state index in [0.717, 1.165) is 10.2 Å². The third kappa shape index (κ3) is 3.11. The second-order valence-corrected chi connectivity index (χ2v) is 5.14. The van der Waals surface area contributed by atoms with Crippen molar-refractivity contribution in [2.75, 3.05) is 5.32 Å². The van der Waals surface area contributed by atoms with E-state index in [1.54, 1.807) is 13.0 Å². The first-order valence-corrected chi connectivity index (χ1v) is 6.66. The van der Waals surface area contributed by atoms with E-state index in [0.29, 0.717) is 23.1 Å². The van der Waals surface area contributed by atoms with Crippen LogP contribution in [0.1, 0.15) is 21.9 Å². The quantitative estimate of drug-likeness (QED) is 0.867. The molecule has 6 heteroatoms. The highest BCUT2D eigenvalue weighted by Crippen LogP contribution is 2.30. The molecular weight excluding hydrogens is 334 g/mol. The summed E-state index contributed by atoms with van der Waals surface area (Å²) < 4.78 is 6.14. The molecule has 0 spiro atoms. The standard InChI is InChI=1S/C13H11BrClNO3/c1-7-9(13(17)18)5-8(19-7)6-16-11-4-2-3-10(15)12(11)14/h2-5,16H,6H2,1H3,(H,17,18). The molecule has 0 fully saturated rings. The molecule has 0 atom stereocenters. The summed E-state index contributed by atoms with van der Waals surface area (Å²) in [5, 5.41) is 12.7. The van der Waals surface area contributed by atoms with Gasteiger partial charge in [-0.2, -0.15) is 0 Å². The first kappa shape index (κ1) is 14.0. The van der Waals surface area contributed by atoms with Crippen molar-refractivity contribution >= 4 is 39.2 Å². The fourth-order valence-corrected chi connectivity index (χ4v) is 2.24. The number of carbonyl (C=O) groups is 1. The van der Waals surface area contributed by atoms with Crippen LogP contribution in [0, 0.1) is 6.92 Å². The Hall–Kier alpha value is -1.46. The molecule has 0 radical (unpaired) electrons. The second-order valence-electron chi connectivity index (χ2n) is 3.94. The zero-order chi connectivity index (χ0) is 14.0. The lowest BCUT2D eigenvalue weighted by atomic mass is 10.2. The van der Waals surface area contributed by atoms with Gasteiger partial charge in [0, 0.05) is 0 Å². The van der Waals surface area contributed by atoms with Gasteiger partial charge in [-0.05, 0) is 41.1 Å². The molecule has 0 aliphatic carbocycles. The average Bonchev–Trinajstić information content (AvgIpc) is 2.73. The lowest BCUT2D eigenvalue weighted by molar-refractivity contribution is 0.0695. The van der Waals surface area contributed by atoms with Crippen LogP contribution in [0.2, 0.25) is 5.02 Å². The van der Waals surface area contributed by atoms with E-state index < -0.39 is 5.97 Å². The van der Waals surface area contributed by atoms with Gasteiger partial charge in [0.05, 0.1) is 21.7 Å². The summed E-state index contributed by atoms with van der Waals surface area (Å²) in [5.74, 6) is -0.0346. The van der Waals surface area contributed by atoms with Gasteiger partial charge in [-0.25, -0.2) is 4.79 Å². The number of aromatic carboxylic acids is 1. The van der Waals surface area contributed by atoms with Crippen molar-refractivity contribution in [1.29, 1.82) is 0 Å². The van der Waals surface area contributed by atoms with Crippen molar-refractivity contribution in [3.63, 3.8) is 0 Å². The lowest BCUT2D eigenvalue weighted by Crippen LogP contribution is -1.99. The maximum Gasteiger partial charge on any atom is 0.339 e. The van der Waals surface area contributed by atoms with Crippen LogP contribution < -0.4 is 5.32 Å². The number of aryl methyl sites for hydroxylation is 1. The smallest absolute Gasteiger partial charge is 0.339 e. The minimum atomic E-state index is -0.989. The Kier molecular flexibility index (Phi) is 4.17. The summed E-state index contributed by atoms with van der Waals surface area (Å²) in [7, 11) is 0. The van der Waals surface area contributed by atoms with E-state index in [1.807, 2.05) is 12.1 Å². The van der Waals surface area contributed by atoms with Crippen LogP contribution in [-0.2, 0) is 6.54 Å². The Bertz CT molecular complexity index is 624. The number of anilines is 1. The summed E-state index contributed by atoms with van der Waals surface area (Å²) in [5.41, 5.74) is 1.00. The fraction of sp³-hybridized carbons (Fsp3) is 0.154. The fourth-order valence-electron chi connectivity index (χ4n) is 1.67. The van der Waals surface area contributed by atoms with E-state index in [2.05, 4.69) is 21.2 Å².